The van der Waals surface area contributed by atoms with Crippen LogP contribution in [0.4, 0.5) is 0 Å². The van der Waals surface area contributed by atoms with Crippen LogP contribution in [0, 0.1) is 4.77 Å². The van der Waals surface area contributed by atoms with Crippen LogP contribution >= 0.6 is 12.2 Å². The van der Waals surface area contributed by atoms with E-state index in [-0.39, 0.29) is 16.2 Å². The maximum atomic E-state index is 12.2. The van der Waals surface area contributed by atoms with Crippen LogP contribution in [0.2, 0.25) is 0 Å². The number of aromatic hydroxyl groups is 1. The molecule has 2 N–H and O–H groups in total. The first-order chi connectivity index (χ1) is 12.5. The zero-order chi connectivity index (χ0) is 18.5. The second-order valence-electron chi connectivity index (χ2n) is 7.01. The predicted molar refractivity (Wildman–Crippen MR) is 105 cm³/mol. The smallest absolute Gasteiger partial charge is 0.264 e. The van der Waals surface area contributed by atoms with Gasteiger partial charge < -0.3 is 10.0 Å². The second-order valence-corrected chi connectivity index (χ2v) is 7.39. The molecule has 8 heteroatoms. The molecule has 7 nitrogen and oxygen atoms in total. The molecule has 2 heterocycles. The minimum absolute atomic E-state index is 0.104. The lowest BCUT2D eigenvalue weighted by Crippen LogP contribution is -2.41. The van der Waals surface area contributed by atoms with Crippen molar-refractivity contribution in [3.8, 4) is 5.88 Å². The lowest BCUT2D eigenvalue weighted by Gasteiger charge is -2.30. The highest BCUT2D eigenvalue weighted by atomic mass is 32.1. The predicted octanol–water partition coefficient (Wildman–Crippen LogP) is 2.08. The van der Waals surface area contributed by atoms with Crippen LogP contribution in [0.1, 0.15) is 37.7 Å². The van der Waals surface area contributed by atoms with Gasteiger partial charge in [-0.05, 0) is 51.4 Å². The summed E-state index contributed by atoms with van der Waals surface area (Å²) in [4.78, 5) is 17.1. The van der Waals surface area contributed by atoms with Gasteiger partial charge in [0, 0.05) is 32.7 Å². The molecule has 0 atom stereocenters. The summed E-state index contributed by atoms with van der Waals surface area (Å²) >= 11 is 5.24. The van der Waals surface area contributed by atoms with E-state index in [4.69, 9.17) is 12.2 Å². The Morgan fingerprint density at radius 3 is 2.77 bits per heavy atom. The van der Waals surface area contributed by atoms with Crippen molar-refractivity contribution >= 4 is 18.4 Å². The lowest BCUT2D eigenvalue weighted by atomic mass is 9.97. The molecule has 142 valence electrons. The minimum atomic E-state index is -0.404. The Kier molecular flexibility index (Phi) is 6.26. The molecule has 1 aromatic heterocycles. The molecular weight excluding hydrogens is 350 g/mol. The Morgan fingerprint density at radius 2 is 2.08 bits per heavy atom. The summed E-state index contributed by atoms with van der Waals surface area (Å²) in [7, 11) is 2.07. The first-order valence-corrected chi connectivity index (χ1v) is 9.67. The summed E-state index contributed by atoms with van der Waals surface area (Å²) in [6.45, 7) is 4.03. The maximum absolute atomic E-state index is 12.2. The van der Waals surface area contributed by atoms with Gasteiger partial charge in [0.2, 0.25) is 5.88 Å². The summed E-state index contributed by atoms with van der Waals surface area (Å²) in [5.41, 5.74) is 1.16. The van der Waals surface area contributed by atoms with Crippen molar-refractivity contribution in [1.82, 2.24) is 19.5 Å². The van der Waals surface area contributed by atoms with Gasteiger partial charge in [0.15, 0.2) is 4.77 Å². The van der Waals surface area contributed by atoms with Gasteiger partial charge in [0.25, 0.3) is 5.56 Å². The second kappa shape index (κ2) is 8.64. The third-order valence-corrected chi connectivity index (χ3v) is 5.40. The monoisotopic (exact) mass is 377 g/mol. The van der Waals surface area contributed by atoms with E-state index in [1.807, 2.05) is 5.01 Å². The van der Waals surface area contributed by atoms with Gasteiger partial charge in [-0.3, -0.25) is 19.4 Å². The first-order valence-electron chi connectivity index (χ1n) is 9.26. The zero-order valence-electron chi connectivity index (χ0n) is 15.3. The van der Waals surface area contributed by atoms with E-state index in [1.165, 1.54) is 24.6 Å². The van der Waals surface area contributed by atoms with Gasteiger partial charge in [-0.25, -0.2) is 0 Å². The van der Waals surface area contributed by atoms with Crippen molar-refractivity contribution in [1.29, 1.82) is 0 Å². The molecule has 1 fully saturated rings. The quantitative estimate of drug-likeness (QED) is 0.467. The fourth-order valence-electron chi connectivity index (χ4n) is 3.34. The van der Waals surface area contributed by atoms with Gasteiger partial charge >= 0.3 is 0 Å². The van der Waals surface area contributed by atoms with E-state index in [0.717, 1.165) is 45.4 Å². The molecule has 1 saturated heterocycles. The van der Waals surface area contributed by atoms with Crippen LogP contribution in [-0.2, 0) is 6.54 Å². The zero-order valence-corrected chi connectivity index (χ0v) is 16.1. The summed E-state index contributed by atoms with van der Waals surface area (Å²) in [5, 5.41) is 16.9. The lowest BCUT2D eigenvalue weighted by molar-refractivity contribution is 0.159. The number of H-pyrrole nitrogens is 1. The molecule has 2 aliphatic rings. The number of hydrazone groups is 1. The van der Waals surface area contributed by atoms with E-state index in [9.17, 15) is 9.90 Å². The molecule has 0 bridgehead atoms. The summed E-state index contributed by atoms with van der Waals surface area (Å²) in [5.74, 6) is -0.104. The highest BCUT2D eigenvalue weighted by molar-refractivity contribution is 7.71. The van der Waals surface area contributed by atoms with Gasteiger partial charge in [-0.2, -0.15) is 5.10 Å². The van der Waals surface area contributed by atoms with Crippen LogP contribution < -0.4 is 5.56 Å². The molecule has 0 radical (unpaired) electrons. The molecular formula is C18H27N5O2S. The Morgan fingerprint density at radius 1 is 1.31 bits per heavy atom. The highest BCUT2D eigenvalue weighted by Crippen LogP contribution is 2.22. The number of aromatic nitrogens is 2. The van der Waals surface area contributed by atoms with Crippen LogP contribution in [0.5, 0.6) is 5.88 Å². The number of likely N-dealkylation sites (N-methyl/N-ethyl adjacent to an activating group) is 1. The van der Waals surface area contributed by atoms with Crippen molar-refractivity contribution in [3.63, 3.8) is 0 Å². The molecule has 1 aliphatic carbocycles. The number of rotatable bonds is 5. The average Bonchev–Trinajstić information content (AvgIpc) is 2.63. The Hall–Kier alpha value is -1.93. The Labute approximate surface area is 158 Å². The highest BCUT2D eigenvalue weighted by Gasteiger charge is 2.14. The summed E-state index contributed by atoms with van der Waals surface area (Å²) < 4.78 is 1.85. The standard InChI is InChI=1S/C18H27N5O2S/c1-21-9-11-22(12-10-21)19-13-15-16(24)20-18(26)23(17(15)25)8-7-14-5-3-2-4-6-14/h5,13,25H,2-4,6-12H2,1H3,(H,20,24,26)/b19-13+. The number of aromatic amines is 1. The molecule has 0 unspecified atom stereocenters. The van der Waals surface area contributed by atoms with Crippen LogP contribution in [0.3, 0.4) is 0 Å². The molecule has 3 rings (SSSR count). The minimum Gasteiger partial charge on any atom is -0.494 e. The molecule has 1 aromatic rings. The number of allylic oxidation sites excluding steroid dienone is 2. The number of hydrogen-bond donors (Lipinski definition) is 2. The van der Waals surface area contributed by atoms with Gasteiger partial charge in [0.05, 0.1) is 6.21 Å². The van der Waals surface area contributed by atoms with Crippen LogP contribution in [0.15, 0.2) is 21.5 Å². The first kappa shape index (κ1) is 18.8. The fraction of sp³-hybridized carbons (Fsp3) is 0.611. The van der Waals surface area contributed by atoms with Gasteiger partial charge in [-0.15, -0.1) is 0 Å². The normalized spacial score (nSPS) is 19.1. The van der Waals surface area contributed by atoms with E-state index < -0.39 is 5.56 Å². The summed E-state index contributed by atoms with van der Waals surface area (Å²) in [6, 6.07) is 0. The van der Waals surface area contributed by atoms with E-state index in [1.54, 1.807) is 4.57 Å². The summed E-state index contributed by atoms with van der Waals surface area (Å²) in [6.07, 6.45) is 9.27. The number of hydrogen-bond acceptors (Lipinski definition) is 6. The topological polar surface area (TPSA) is 76.9 Å². The van der Waals surface area contributed by atoms with Crippen molar-refractivity contribution in [2.45, 2.75) is 38.6 Å². The number of nitrogens with zero attached hydrogens (tertiary/aromatic N) is 4. The van der Waals surface area contributed by atoms with Crippen LogP contribution in [-0.4, -0.2) is 64.0 Å². The number of nitrogens with one attached hydrogen (secondary N) is 1. The molecule has 0 spiro atoms. The van der Waals surface area contributed by atoms with Crippen LogP contribution in [0.25, 0.3) is 0 Å². The Balaban J connectivity index is 1.76. The Bertz CT molecular complexity index is 803. The van der Waals surface area contributed by atoms with Crippen molar-refractivity contribution in [2.75, 3.05) is 33.2 Å². The van der Waals surface area contributed by atoms with Crippen molar-refractivity contribution < 1.29 is 5.11 Å². The SMILES string of the molecule is CN1CCN(/N=C/c2c(O)n(CCC3=CCCCC3)c(=S)[nH]c2=O)CC1. The third kappa shape index (κ3) is 4.62. The van der Waals surface area contributed by atoms with Gasteiger partial charge in [0.1, 0.15) is 5.56 Å². The van der Waals surface area contributed by atoms with Gasteiger partial charge in [-0.1, -0.05) is 11.6 Å². The average molecular weight is 378 g/mol. The van der Waals surface area contributed by atoms with E-state index in [2.05, 4.69) is 28.1 Å². The molecule has 26 heavy (non-hydrogen) atoms. The molecule has 1 aliphatic heterocycles. The third-order valence-electron chi connectivity index (χ3n) is 5.08. The van der Waals surface area contributed by atoms with Crippen molar-refractivity contribution in [2.24, 2.45) is 5.10 Å². The molecule has 0 amide bonds. The van der Waals surface area contributed by atoms with E-state index in [0.29, 0.717) is 6.54 Å². The number of piperazine rings is 1. The van der Waals surface area contributed by atoms with E-state index >= 15 is 0 Å². The molecule has 0 saturated carbocycles. The maximum Gasteiger partial charge on any atom is 0.264 e. The molecule has 0 aromatic carbocycles. The fourth-order valence-corrected chi connectivity index (χ4v) is 3.61. The largest absolute Gasteiger partial charge is 0.494 e. The van der Waals surface area contributed by atoms with Crippen molar-refractivity contribution in [3.05, 3.63) is 32.3 Å².